The van der Waals surface area contributed by atoms with Gasteiger partial charge in [0.2, 0.25) is 17.7 Å². The number of nitrogens with one attached hydrogen (secondary N) is 2. The molecule has 0 spiro atoms. The van der Waals surface area contributed by atoms with Gasteiger partial charge in [-0.15, -0.1) is 6.58 Å². The molecule has 254 valence electrons. The summed E-state index contributed by atoms with van der Waals surface area (Å²) in [5.74, 6) is -0.166. The fraction of sp³-hybridized carbons (Fsp3) is 0.639. The predicted octanol–water partition coefficient (Wildman–Crippen LogP) is 4.46. The van der Waals surface area contributed by atoms with Crippen molar-refractivity contribution in [2.45, 2.75) is 121 Å². The van der Waals surface area contributed by atoms with Crippen molar-refractivity contribution < 1.29 is 29.0 Å². The second-order valence-corrected chi connectivity index (χ2v) is 15.3. The highest BCUT2D eigenvalue weighted by atomic mass is 16.6. The van der Waals surface area contributed by atoms with E-state index in [9.17, 15) is 19.5 Å². The minimum atomic E-state index is -0.965. The van der Waals surface area contributed by atoms with Crippen molar-refractivity contribution >= 4 is 28.9 Å². The van der Waals surface area contributed by atoms with Crippen LogP contribution < -0.4 is 15.4 Å². The molecule has 2 aliphatic carbocycles. The zero-order valence-corrected chi connectivity index (χ0v) is 28.3. The number of alkyl carbamates (subject to hydrolysis) is 1. The van der Waals surface area contributed by atoms with Crippen molar-refractivity contribution in [2.75, 3.05) is 6.54 Å². The van der Waals surface area contributed by atoms with Crippen molar-refractivity contribution in [1.29, 1.82) is 0 Å². The number of para-hydroxylation sites is 2. The number of nitrogens with zero attached hydrogens (tertiary/aromatic N) is 3. The fourth-order valence-electron chi connectivity index (χ4n) is 7.45. The smallest absolute Gasteiger partial charge is 0.408 e. The van der Waals surface area contributed by atoms with Crippen LogP contribution in [0, 0.1) is 17.3 Å². The number of rotatable bonds is 4. The van der Waals surface area contributed by atoms with E-state index in [0.717, 1.165) is 43.3 Å². The first-order valence-electron chi connectivity index (χ1n) is 17.1. The zero-order valence-electron chi connectivity index (χ0n) is 28.3. The molecule has 2 aliphatic heterocycles. The number of fused-ring (bicyclic) bond motifs is 5. The molecule has 11 nitrogen and oxygen atoms in total. The topological polar surface area (TPSA) is 143 Å². The van der Waals surface area contributed by atoms with E-state index in [0.29, 0.717) is 24.2 Å². The summed E-state index contributed by atoms with van der Waals surface area (Å²) in [6.45, 7) is 13.2. The largest absolute Gasteiger partial charge is 0.471 e. The number of carbonyl (C=O) groups is 3. The molecule has 11 heteroatoms. The standard InChI is InChI=1S/C36H49N5O6/c1-7-22-19-36(22,21(2)42)40-30(43)28-17-24-20-41(28)32(44)29(34(3,4)5)39-33(45)47-35(6)18-23(35)13-9-8-10-16-27-31(46-24)38-26-15-12-11-14-25(26)37-27/h7,11-12,14-15,21-24,28-29,42H,1,8-10,13,16-20H2,2-6H3,(H,39,45)(H,40,43)/t21?,22-,23-,24-,28?,29?,35-,36+/m1/s1. The fourth-order valence-corrected chi connectivity index (χ4v) is 7.45. The van der Waals surface area contributed by atoms with Crippen LogP contribution in [0.4, 0.5) is 4.79 Å². The number of aromatic nitrogens is 2. The van der Waals surface area contributed by atoms with Gasteiger partial charge in [-0.1, -0.05) is 51.8 Å². The normalized spacial score (nSPS) is 33.6. The molecule has 2 bridgehead atoms. The van der Waals surface area contributed by atoms with Gasteiger partial charge in [0.25, 0.3) is 0 Å². The molecule has 0 radical (unpaired) electrons. The Morgan fingerprint density at radius 1 is 1.17 bits per heavy atom. The lowest BCUT2D eigenvalue weighted by Crippen LogP contribution is -2.59. The van der Waals surface area contributed by atoms with Gasteiger partial charge in [-0.05, 0) is 63.5 Å². The minimum absolute atomic E-state index is 0.0755. The number of aliphatic hydroxyl groups is 1. The molecule has 3 unspecified atom stereocenters. The third-order valence-electron chi connectivity index (χ3n) is 10.7. The molecule has 47 heavy (non-hydrogen) atoms. The van der Waals surface area contributed by atoms with E-state index in [-0.39, 0.29) is 30.7 Å². The molecule has 2 saturated carbocycles. The Labute approximate surface area is 276 Å². The maximum Gasteiger partial charge on any atom is 0.408 e. The molecule has 6 rings (SSSR count). The minimum Gasteiger partial charge on any atom is -0.471 e. The zero-order chi connectivity index (χ0) is 33.7. The van der Waals surface area contributed by atoms with E-state index >= 15 is 0 Å². The third-order valence-corrected chi connectivity index (χ3v) is 10.7. The second-order valence-electron chi connectivity index (χ2n) is 15.3. The van der Waals surface area contributed by atoms with Gasteiger partial charge in [0.15, 0.2) is 0 Å². The molecule has 1 aromatic carbocycles. The van der Waals surface area contributed by atoms with Crippen LogP contribution >= 0.6 is 0 Å². The SMILES string of the molecule is C=C[C@@H]1C[C@]1(NC(=O)C1C[C@@H]2CN1C(=O)C(C(C)(C)C)NC(=O)O[C@]1(C)C[C@H]1CCCCCc1nc3ccccc3nc1O2)C(C)O. The third kappa shape index (κ3) is 6.68. The van der Waals surface area contributed by atoms with Gasteiger partial charge in [0.1, 0.15) is 29.5 Å². The molecule has 4 aliphatic rings. The summed E-state index contributed by atoms with van der Waals surface area (Å²) in [4.78, 5) is 53.1. The lowest BCUT2D eigenvalue weighted by atomic mass is 9.85. The first-order chi connectivity index (χ1) is 22.2. The molecule has 1 aromatic heterocycles. The van der Waals surface area contributed by atoms with Crippen molar-refractivity contribution in [3.63, 3.8) is 0 Å². The molecule has 3 amide bonds. The van der Waals surface area contributed by atoms with Crippen LogP contribution in [-0.4, -0.2) is 79.9 Å². The van der Waals surface area contributed by atoms with E-state index in [1.165, 1.54) is 4.90 Å². The van der Waals surface area contributed by atoms with Crippen LogP contribution in [0.5, 0.6) is 5.88 Å². The quantitative estimate of drug-likeness (QED) is 0.413. The summed E-state index contributed by atoms with van der Waals surface area (Å²) >= 11 is 0. The number of aryl methyl sites for hydroxylation is 1. The number of benzene rings is 1. The Morgan fingerprint density at radius 2 is 1.89 bits per heavy atom. The molecule has 1 saturated heterocycles. The van der Waals surface area contributed by atoms with E-state index in [1.807, 2.05) is 52.0 Å². The summed E-state index contributed by atoms with van der Waals surface area (Å²) in [6.07, 6.45) is 5.82. The van der Waals surface area contributed by atoms with Crippen LogP contribution in [0.1, 0.15) is 85.3 Å². The van der Waals surface area contributed by atoms with Crippen LogP contribution in [0.25, 0.3) is 11.0 Å². The van der Waals surface area contributed by atoms with E-state index < -0.39 is 52.8 Å². The van der Waals surface area contributed by atoms with Crippen LogP contribution in [0.15, 0.2) is 36.9 Å². The molecule has 3 fully saturated rings. The summed E-state index contributed by atoms with van der Waals surface area (Å²) in [7, 11) is 0. The second kappa shape index (κ2) is 12.4. The lowest BCUT2D eigenvalue weighted by molar-refractivity contribution is -0.142. The van der Waals surface area contributed by atoms with E-state index in [1.54, 1.807) is 13.0 Å². The van der Waals surface area contributed by atoms with Crippen molar-refractivity contribution in [3.05, 3.63) is 42.6 Å². The average Bonchev–Trinajstić information content (AvgIpc) is 3.83. The molecule has 3 heterocycles. The van der Waals surface area contributed by atoms with Gasteiger partial charge < -0.3 is 30.1 Å². The van der Waals surface area contributed by atoms with Gasteiger partial charge in [0, 0.05) is 18.3 Å². The average molecular weight is 648 g/mol. The van der Waals surface area contributed by atoms with Crippen LogP contribution in [0.2, 0.25) is 0 Å². The Bertz CT molecular complexity index is 1560. The van der Waals surface area contributed by atoms with Gasteiger partial charge in [-0.25, -0.2) is 14.8 Å². The molecule has 3 N–H and O–H groups in total. The van der Waals surface area contributed by atoms with Crippen molar-refractivity contribution in [2.24, 2.45) is 17.3 Å². The van der Waals surface area contributed by atoms with Crippen LogP contribution in [-0.2, 0) is 20.7 Å². The number of hydrogen-bond acceptors (Lipinski definition) is 8. The predicted molar refractivity (Wildman–Crippen MR) is 176 cm³/mol. The van der Waals surface area contributed by atoms with Gasteiger partial charge in [0.05, 0.1) is 29.2 Å². The number of carbonyl (C=O) groups excluding carboxylic acids is 3. The number of hydrogen-bond donors (Lipinski definition) is 3. The molecular weight excluding hydrogens is 598 g/mol. The van der Waals surface area contributed by atoms with Crippen molar-refractivity contribution in [3.8, 4) is 5.88 Å². The Hall–Kier alpha value is -3.73. The first-order valence-corrected chi connectivity index (χ1v) is 17.1. The van der Waals surface area contributed by atoms with Gasteiger partial charge in [-0.3, -0.25) is 9.59 Å². The van der Waals surface area contributed by atoms with Crippen molar-refractivity contribution in [1.82, 2.24) is 25.5 Å². The highest BCUT2D eigenvalue weighted by molar-refractivity contribution is 5.93. The first kappa shape index (κ1) is 33.2. The molecular formula is C36H49N5O6. The summed E-state index contributed by atoms with van der Waals surface area (Å²) in [5, 5.41) is 16.5. The van der Waals surface area contributed by atoms with E-state index in [2.05, 4.69) is 17.2 Å². The summed E-state index contributed by atoms with van der Waals surface area (Å²) < 4.78 is 12.5. The number of aliphatic hydroxyl groups excluding tert-OH is 1. The van der Waals surface area contributed by atoms with Crippen LogP contribution in [0.3, 0.4) is 0 Å². The highest BCUT2D eigenvalue weighted by Crippen LogP contribution is 2.50. The van der Waals surface area contributed by atoms with E-state index in [4.69, 9.17) is 19.4 Å². The lowest BCUT2D eigenvalue weighted by Gasteiger charge is -2.36. The van der Waals surface area contributed by atoms with Gasteiger partial charge in [-0.2, -0.15) is 0 Å². The van der Waals surface area contributed by atoms with Gasteiger partial charge >= 0.3 is 6.09 Å². The molecule has 8 atom stereocenters. The highest BCUT2D eigenvalue weighted by Gasteiger charge is 2.59. The monoisotopic (exact) mass is 647 g/mol. The Balaban J connectivity index is 1.35. The maximum absolute atomic E-state index is 14.5. The number of amides is 3. The summed E-state index contributed by atoms with van der Waals surface area (Å²) in [5.41, 5.74) is 0.168. The molecule has 2 aromatic rings. The number of ether oxygens (including phenoxy) is 2. The summed E-state index contributed by atoms with van der Waals surface area (Å²) in [6, 6.07) is 5.80. The Morgan fingerprint density at radius 3 is 2.55 bits per heavy atom. The maximum atomic E-state index is 14.5. The Kier molecular flexibility index (Phi) is 8.74.